The number of nitrogens with one attached hydrogen (secondary N) is 1. The molecule has 0 fully saturated rings. The molecule has 0 spiro atoms. The van der Waals surface area contributed by atoms with Crippen molar-refractivity contribution in [2.75, 3.05) is 6.54 Å². The van der Waals surface area contributed by atoms with Crippen molar-refractivity contribution in [3.05, 3.63) is 17.0 Å². The van der Waals surface area contributed by atoms with Crippen molar-refractivity contribution in [2.45, 2.75) is 46.1 Å². The van der Waals surface area contributed by atoms with Gasteiger partial charge in [-0.25, -0.2) is 0 Å². The van der Waals surface area contributed by atoms with Crippen molar-refractivity contribution in [2.24, 2.45) is 0 Å². The Morgan fingerprint density at radius 1 is 1.53 bits per heavy atom. The summed E-state index contributed by atoms with van der Waals surface area (Å²) in [6, 6.07) is 0. The van der Waals surface area contributed by atoms with Crippen molar-refractivity contribution < 1.29 is 14.4 Å². The summed E-state index contributed by atoms with van der Waals surface area (Å²) >= 11 is 0. The van der Waals surface area contributed by atoms with Gasteiger partial charge in [0.25, 0.3) is 0 Å². The van der Waals surface area contributed by atoms with E-state index in [4.69, 9.17) is 4.52 Å². The molecule has 5 nitrogen and oxygen atoms in total. The summed E-state index contributed by atoms with van der Waals surface area (Å²) in [5, 5.41) is 15.8. The monoisotopic (exact) mass is 240 g/mol. The van der Waals surface area contributed by atoms with Gasteiger partial charge in [-0.05, 0) is 26.7 Å². The zero-order valence-corrected chi connectivity index (χ0v) is 10.6. The molecule has 17 heavy (non-hydrogen) atoms. The third kappa shape index (κ3) is 4.19. The van der Waals surface area contributed by atoms with E-state index in [9.17, 15) is 9.90 Å². The molecule has 0 saturated carbocycles. The molecular formula is C12H20N2O3. The van der Waals surface area contributed by atoms with E-state index in [-0.39, 0.29) is 5.91 Å². The quantitative estimate of drug-likeness (QED) is 0.781. The van der Waals surface area contributed by atoms with Gasteiger partial charge in [0.05, 0.1) is 11.8 Å². The summed E-state index contributed by atoms with van der Waals surface area (Å²) in [6.07, 6.45) is 1.19. The summed E-state index contributed by atoms with van der Waals surface area (Å²) in [5.74, 6) is 0.710. The molecule has 96 valence electrons. The van der Waals surface area contributed by atoms with Crippen LogP contribution in [0.1, 0.15) is 36.8 Å². The maximum absolute atomic E-state index is 11.5. The Morgan fingerprint density at radius 2 is 2.24 bits per heavy atom. The molecule has 1 aromatic heterocycles. The second kappa shape index (κ2) is 6.39. The van der Waals surface area contributed by atoms with Crippen LogP contribution in [0.4, 0.5) is 0 Å². The summed E-state index contributed by atoms with van der Waals surface area (Å²) in [4.78, 5) is 11.5. The molecule has 1 aromatic rings. The minimum Gasteiger partial charge on any atom is -0.391 e. The number of hydrogen-bond donors (Lipinski definition) is 2. The highest BCUT2D eigenvalue weighted by Crippen LogP contribution is 2.13. The fourth-order valence-corrected chi connectivity index (χ4v) is 1.56. The first-order chi connectivity index (χ1) is 8.04. The molecular weight excluding hydrogens is 220 g/mol. The first-order valence-electron chi connectivity index (χ1n) is 5.91. The summed E-state index contributed by atoms with van der Waals surface area (Å²) < 4.78 is 5.02. The third-order valence-electron chi connectivity index (χ3n) is 2.79. The average Bonchev–Trinajstić information content (AvgIpc) is 2.63. The number of nitrogens with zero attached hydrogens (tertiary/aromatic N) is 1. The summed E-state index contributed by atoms with van der Waals surface area (Å²) in [5.41, 5.74) is 1.83. The Bertz CT molecular complexity index is 354. The maximum Gasteiger partial charge on any atom is 0.220 e. The summed E-state index contributed by atoms with van der Waals surface area (Å²) in [7, 11) is 0. The highest BCUT2D eigenvalue weighted by atomic mass is 16.5. The number of rotatable bonds is 6. The van der Waals surface area contributed by atoms with Crippen LogP contribution in [-0.2, 0) is 11.2 Å². The fraction of sp³-hybridized carbons (Fsp3) is 0.667. The van der Waals surface area contributed by atoms with Crippen molar-refractivity contribution in [3.63, 3.8) is 0 Å². The van der Waals surface area contributed by atoms with E-state index >= 15 is 0 Å². The van der Waals surface area contributed by atoms with Gasteiger partial charge in [-0.2, -0.15) is 0 Å². The minimum absolute atomic E-state index is 0.0579. The highest BCUT2D eigenvalue weighted by Gasteiger charge is 2.11. The lowest BCUT2D eigenvalue weighted by molar-refractivity contribution is -0.121. The van der Waals surface area contributed by atoms with Gasteiger partial charge in [0.1, 0.15) is 5.76 Å². The van der Waals surface area contributed by atoms with Gasteiger partial charge >= 0.3 is 0 Å². The molecule has 1 unspecified atom stereocenters. The average molecular weight is 240 g/mol. The van der Waals surface area contributed by atoms with Crippen molar-refractivity contribution in [1.29, 1.82) is 0 Å². The first-order valence-corrected chi connectivity index (χ1v) is 5.91. The van der Waals surface area contributed by atoms with Crippen LogP contribution in [0, 0.1) is 13.8 Å². The van der Waals surface area contributed by atoms with E-state index in [1.165, 1.54) is 0 Å². The Labute approximate surface area is 101 Å². The first kappa shape index (κ1) is 13.7. The largest absolute Gasteiger partial charge is 0.391 e. The molecule has 1 rings (SSSR count). The smallest absolute Gasteiger partial charge is 0.220 e. The van der Waals surface area contributed by atoms with E-state index in [1.54, 1.807) is 0 Å². The molecule has 0 aliphatic rings. The molecule has 2 N–H and O–H groups in total. The van der Waals surface area contributed by atoms with Crippen molar-refractivity contribution >= 4 is 5.91 Å². The molecule has 0 aliphatic heterocycles. The Balaban J connectivity index is 2.33. The second-order valence-corrected chi connectivity index (χ2v) is 4.17. The number of aliphatic hydroxyl groups excluding tert-OH is 1. The van der Waals surface area contributed by atoms with E-state index in [0.29, 0.717) is 25.8 Å². The van der Waals surface area contributed by atoms with Gasteiger partial charge < -0.3 is 14.9 Å². The molecule has 0 saturated heterocycles. The molecule has 1 atom stereocenters. The number of carbonyl (C=O) groups excluding carboxylic acids is 1. The van der Waals surface area contributed by atoms with Gasteiger partial charge in [0, 0.05) is 18.5 Å². The van der Waals surface area contributed by atoms with Crippen LogP contribution >= 0.6 is 0 Å². The number of amides is 1. The molecule has 1 heterocycles. The van der Waals surface area contributed by atoms with Crippen LogP contribution in [-0.4, -0.2) is 28.8 Å². The Hall–Kier alpha value is -1.36. The molecule has 1 amide bonds. The number of aliphatic hydroxyl groups is 1. The van der Waals surface area contributed by atoms with Crippen LogP contribution in [0.5, 0.6) is 0 Å². The molecule has 5 heteroatoms. The van der Waals surface area contributed by atoms with Crippen molar-refractivity contribution in [1.82, 2.24) is 10.5 Å². The minimum atomic E-state index is -0.460. The SMILES string of the molecule is CCC(O)CNC(=O)CCc1c(C)noc1C. The van der Waals surface area contributed by atoms with E-state index in [1.807, 2.05) is 20.8 Å². The highest BCUT2D eigenvalue weighted by molar-refractivity contribution is 5.76. The normalized spacial score (nSPS) is 12.5. The predicted molar refractivity (Wildman–Crippen MR) is 63.6 cm³/mol. The van der Waals surface area contributed by atoms with Gasteiger partial charge in [-0.3, -0.25) is 4.79 Å². The van der Waals surface area contributed by atoms with Crippen LogP contribution in [0.25, 0.3) is 0 Å². The van der Waals surface area contributed by atoms with Crippen LogP contribution in [0.3, 0.4) is 0 Å². The van der Waals surface area contributed by atoms with E-state index < -0.39 is 6.10 Å². The fourth-order valence-electron chi connectivity index (χ4n) is 1.56. The molecule has 0 aromatic carbocycles. The molecule has 0 aliphatic carbocycles. The third-order valence-corrected chi connectivity index (χ3v) is 2.79. The van der Waals surface area contributed by atoms with E-state index in [0.717, 1.165) is 17.0 Å². The Morgan fingerprint density at radius 3 is 2.76 bits per heavy atom. The second-order valence-electron chi connectivity index (χ2n) is 4.17. The lowest BCUT2D eigenvalue weighted by Gasteiger charge is -2.09. The Kier molecular flexibility index (Phi) is 5.15. The number of aromatic nitrogens is 1. The molecule has 0 radical (unpaired) electrons. The van der Waals surface area contributed by atoms with Crippen LogP contribution < -0.4 is 5.32 Å². The standard InChI is InChI=1S/C12H20N2O3/c1-4-10(15)7-13-12(16)6-5-11-8(2)14-17-9(11)3/h10,15H,4-7H2,1-3H3,(H,13,16). The lowest BCUT2D eigenvalue weighted by atomic mass is 10.1. The van der Waals surface area contributed by atoms with Gasteiger partial charge in [-0.15, -0.1) is 0 Å². The summed E-state index contributed by atoms with van der Waals surface area (Å²) in [6.45, 7) is 5.90. The van der Waals surface area contributed by atoms with Gasteiger partial charge in [0.15, 0.2) is 0 Å². The number of aryl methyl sites for hydroxylation is 2. The number of hydrogen-bond acceptors (Lipinski definition) is 4. The van der Waals surface area contributed by atoms with Crippen LogP contribution in [0.15, 0.2) is 4.52 Å². The van der Waals surface area contributed by atoms with Gasteiger partial charge in [-0.1, -0.05) is 12.1 Å². The van der Waals surface area contributed by atoms with Crippen LogP contribution in [0.2, 0.25) is 0 Å². The maximum atomic E-state index is 11.5. The zero-order chi connectivity index (χ0) is 12.8. The molecule has 0 bridgehead atoms. The topological polar surface area (TPSA) is 75.4 Å². The lowest BCUT2D eigenvalue weighted by Crippen LogP contribution is -2.31. The van der Waals surface area contributed by atoms with Crippen molar-refractivity contribution in [3.8, 4) is 0 Å². The van der Waals surface area contributed by atoms with Gasteiger partial charge in [0.2, 0.25) is 5.91 Å². The predicted octanol–water partition coefficient (Wildman–Crippen LogP) is 1.11. The zero-order valence-electron chi connectivity index (χ0n) is 10.6. The van der Waals surface area contributed by atoms with E-state index in [2.05, 4.69) is 10.5 Å². The number of carbonyl (C=O) groups is 1.